The Bertz CT molecular complexity index is 754. The van der Waals surface area contributed by atoms with Gasteiger partial charge in [0.15, 0.2) is 11.5 Å². The molecule has 2 aromatic carbocycles. The highest BCUT2D eigenvalue weighted by Gasteiger charge is 2.12. The molecule has 0 spiro atoms. The molecule has 6 heteroatoms. The fourth-order valence-corrected chi connectivity index (χ4v) is 3.79. The van der Waals surface area contributed by atoms with E-state index in [1.54, 1.807) is 11.8 Å². The van der Waals surface area contributed by atoms with Crippen LogP contribution in [0.3, 0.4) is 0 Å². The zero-order valence-corrected chi connectivity index (χ0v) is 16.1. The van der Waals surface area contributed by atoms with Crippen molar-refractivity contribution in [3.05, 3.63) is 58.6 Å². The highest BCUT2D eigenvalue weighted by Crippen LogP contribution is 2.31. The van der Waals surface area contributed by atoms with Gasteiger partial charge in [0.1, 0.15) is 13.2 Å². The van der Waals surface area contributed by atoms with Crippen molar-refractivity contribution in [1.82, 2.24) is 5.32 Å². The molecule has 4 nitrogen and oxygen atoms in total. The number of rotatable bonds is 8. The van der Waals surface area contributed by atoms with Crippen LogP contribution in [-0.2, 0) is 17.0 Å². The molecule has 3 rings (SSSR count). The molecule has 138 valence electrons. The van der Waals surface area contributed by atoms with E-state index >= 15 is 0 Å². The largest absolute Gasteiger partial charge is 0.486 e. The number of carbonyl (C=O) groups excluding carboxylic acids is 1. The van der Waals surface area contributed by atoms with Gasteiger partial charge in [-0.3, -0.25) is 4.79 Å². The minimum absolute atomic E-state index is 0.0678. The number of nitrogens with one attached hydrogen (secondary N) is 1. The maximum atomic E-state index is 12.0. The lowest BCUT2D eigenvalue weighted by Crippen LogP contribution is -2.26. The van der Waals surface area contributed by atoms with Crippen LogP contribution in [0.25, 0.3) is 0 Å². The number of amides is 1. The molecule has 1 aliphatic heterocycles. The van der Waals surface area contributed by atoms with Crippen LogP contribution < -0.4 is 14.8 Å². The van der Waals surface area contributed by atoms with Gasteiger partial charge >= 0.3 is 0 Å². The molecule has 2 aromatic rings. The number of halogens is 1. The van der Waals surface area contributed by atoms with Crippen molar-refractivity contribution in [2.24, 2.45) is 0 Å². The van der Waals surface area contributed by atoms with Gasteiger partial charge in [0.05, 0.1) is 0 Å². The Balaban J connectivity index is 1.32. The number of ether oxygens (including phenoxy) is 2. The van der Waals surface area contributed by atoms with Gasteiger partial charge in [-0.1, -0.05) is 35.9 Å². The minimum atomic E-state index is 0.0678. The highest BCUT2D eigenvalue weighted by molar-refractivity contribution is 7.98. The minimum Gasteiger partial charge on any atom is -0.486 e. The Morgan fingerprint density at radius 2 is 1.92 bits per heavy atom. The first-order chi connectivity index (χ1) is 12.7. The summed E-state index contributed by atoms with van der Waals surface area (Å²) in [6, 6.07) is 13.7. The first kappa shape index (κ1) is 18.9. The Kier molecular flexibility index (Phi) is 7.09. The topological polar surface area (TPSA) is 47.6 Å². The van der Waals surface area contributed by atoms with Crippen molar-refractivity contribution in [2.45, 2.75) is 18.6 Å². The van der Waals surface area contributed by atoms with Crippen LogP contribution in [0.1, 0.15) is 17.5 Å². The summed E-state index contributed by atoms with van der Waals surface area (Å²) < 4.78 is 11.1. The lowest BCUT2D eigenvalue weighted by Gasteiger charge is -2.18. The van der Waals surface area contributed by atoms with Crippen molar-refractivity contribution < 1.29 is 14.3 Å². The number of fused-ring (bicyclic) bond motifs is 1. The zero-order chi connectivity index (χ0) is 18.2. The summed E-state index contributed by atoms with van der Waals surface area (Å²) in [5.41, 5.74) is 2.21. The van der Waals surface area contributed by atoms with Crippen molar-refractivity contribution in [3.63, 3.8) is 0 Å². The number of benzene rings is 2. The van der Waals surface area contributed by atoms with Crippen LogP contribution in [0.5, 0.6) is 11.5 Å². The normalized spacial score (nSPS) is 12.7. The smallest absolute Gasteiger partial charge is 0.220 e. The van der Waals surface area contributed by atoms with E-state index in [0.717, 1.165) is 39.2 Å². The highest BCUT2D eigenvalue weighted by atomic mass is 35.5. The van der Waals surface area contributed by atoms with Gasteiger partial charge in [0, 0.05) is 29.5 Å². The van der Waals surface area contributed by atoms with Gasteiger partial charge in [-0.25, -0.2) is 0 Å². The summed E-state index contributed by atoms with van der Waals surface area (Å²) in [4.78, 5) is 12.0. The summed E-state index contributed by atoms with van der Waals surface area (Å²) in [5.74, 6) is 3.33. The standard InChI is InChI=1S/C20H22ClNO3S/c21-17-4-2-1-3-16(17)14-26-12-9-22-20(23)8-6-15-5-7-18-19(13-15)25-11-10-24-18/h1-5,7,13H,6,8-12,14H2,(H,22,23). The molecule has 26 heavy (non-hydrogen) atoms. The van der Waals surface area contributed by atoms with Gasteiger partial charge in [0.25, 0.3) is 0 Å². The second-order valence-corrected chi connectivity index (χ2v) is 7.48. The van der Waals surface area contributed by atoms with Crippen molar-refractivity contribution in [3.8, 4) is 11.5 Å². The molecule has 0 radical (unpaired) electrons. The molecule has 1 N–H and O–H groups in total. The van der Waals surface area contributed by atoms with E-state index in [2.05, 4.69) is 5.32 Å². The summed E-state index contributed by atoms with van der Waals surface area (Å²) in [5, 5.41) is 3.76. The van der Waals surface area contributed by atoms with Crippen molar-refractivity contribution in [2.75, 3.05) is 25.5 Å². The lowest BCUT2D eigenvalue weighted by atomic mass is 10.1. The summed E-state index contributed by atoms with van der Waals surface area (Å²) in [7, 11) is 0. The first-order valence-corrected chi connectivity index (χ1v) is 10.2. The van der Waals surface area contributed by atoms with Gasteiger partial charge in [-0.2, -0.15) is 11.8 Å². The van der Waals surface area contributed by atoms with Crippen molar-refractivity contribution in [1.29, 1.82) is 0 Å². The maximum absolute atomic E-state index is 12.0. The van der Waals surface area contributed by atoms with Gasteiger partial charge in [-0.15, -0.1) is 0 Å². The lowest BCUT2D eigenvalue weighted by molar-refractivity contribution is -0.120. The molecule has 0 saturated heterocycles. The quantitative estimate of drug-likeness (QED) is 0.688. The van der Waals surface area contributed by atoms with Crippen LogP contribution in [0.15, 0.2) is 42.5 Å². The molecule has 1 heterocycles. The second-order valence-electron chi connectivity index (χ2n) is 5.97. The number of carbonyl (C=O) groups is 1. The molecule has 0 aliphatic carbocycles. The third-order valence-electron chi connectivity index (χ3n) is 4.03. The number of aryl methyl sites for hydroxylation is 1. The van der Waals surface area contributed by atoms with Crippen LogP contribution in [0, 0.1) is 0 Å². The number of hydrogen-bond donors (Lipinski definition) is 1. The average Bonchev–Trinajstić information content (AvgIpc) is 2.67. The van der Waals surface area contributed by atoms with E-state index in [9.17, 15) is 4.79 Å². The average molecular weight is 392 g/mol. The SMILES string of the molecule is O=C(CCc1ccc2c(c1)OCCO2)NCCSCc1ccccc1Cl. The van der Waals surface area contributed by atoms with Crippen LogP contribution in [0.4, 0.5) is 0 Å². The maximum Gasteiger partial charge on any atom is 0.220 e. The summed E-state index contributed by atoms with van der Waals surface area (Å²) in [6.07, 6.45) is 1.16. The third kappa shape index (κ3) is 5.58. The third-order valence-corrected chi connectivity index (χ3v) is 5.41. The Hall–Kier alpha value is -1.85. The predicted molar refractivity (Wildman–Crippen MR) is 106 cm³/mol. The first-order valence-electron chi connectivity index (χ1n) is 8.69. The predicted octanol–water partition coefficient (Wildman–Crippen LogP) is 4.09. The van der Waals surface area contributed by atoms with Gasteiger partial charge in [0.2, 0.25) is 5.91 Å². The number of thioether (sulfide) groups is 1. The van der Waals surface area contributed by atoms with E-state index in [0.29, 0.717) is 32.6 Å². The van der Waals surface area contributed by atoms with Crippen LogP contribution in [0.2, 0.25) is 5.02 Å². The molecule has 1 aliphatic rings. The van der Waals surface area contributed by atoms with Crippen LogP contribution >= 0.6 is 23.4 Å². The van der Waals surface area contributed by atoms with Crippen LogP contribution in [-0.4, -0.2) is 31.4 Å². The van der Waals surface area contributed by atoms with Gasteiger partial charge < -0.3 is 14.8 Å². The Morgan fingerprint density at radius 1 is 1.12 bits per heavy atom. The fraction of sp³-hybridized carbons (Fsp3) is 0.350. The molecule has 0 unspecified atom stereocenters. The van der Waals surface area contributed by atoms with E-state index < -0.39 is 0 Å². The zero-order valence-electron chi connectivity index (χ0n) is 14.5. The fourth-order valence-electron chi connectivity index (χ4n) is 2.65. The van der Waals surface area contributed by atoms with E-state index in [1.807, 2.05) is 42.5 Å². The van der Waals surface area contributed by atoms with E-state index in [4.69, 9.17) is 21.1 Å². The summed E-state index contributed by atoms with van der Waals surface area (Å²) >= 11 is 7.89. The van der Waals surface area contributed by atoms with Gasteiger partial charge in [-0.05, 0) is 35.7 Å². The van der Waals surface area contributed by atoms with Crippen molar-refractivity contribution >= 4 is 29.3 Å². The Labute approximate surface area is 163 Å². The van der Waals surface area contributed by atoms with E-state index in [-0.39, 0.29) is 5.91 Å². The molecule has 0 bridgehead atoms. The molecule has 0 saturated carbocycles. The molecule has 0 aromatic heterocycles. The summed E-state index contributed by atoms with van der Waals surface area (Å²) in [6.45, 7) is 1.82. The molecule has 0 atom stereocenters. The number of hydrogen-bond acceptors (Lipinski definition) is 4. The molecule has 1 amide bonds. The molecular formula is C20H22ClNO3S. The second kappa shape index (κ2) is 9.74. The molecule has 0 fully saturated rings. The Morgan fingerprint density at radius 3 is 2.77 bits per heavy atom. The van der Waals surface area contributed by atoms with E-state index in [1.165, 1.54) is 0 Å². The monoisotopic (exact) mass is 391 g/mol. The molecular weight excluding hydrogens is 370 g/mol.